The monoisotopic (exact) mass is 684 g/mol. The molecule has 3 aliphatic carbocycles. The summed E-state index contributed by atoms with van der Waals surface area (Å²) in [6, 6.07) is 0.894. The van der Waals surface area contributed by atoms with E-state index in [4.69, 9.17) is 9.47 Å². The van der Waals surface area contributed by atoms with Gasteiger partial charge in [0.15, 0.2) is 0 Å². The van der Waals surface area contributed by atoms with E-state index in [1.54, 1.807) is 7.11 Å². The van der Waals surface area contributed by atoms with Crippen LogP contribution in [-0.2, 0) is 9.47 Å². The number of ether oxygens (including phenoxy) is 2. The van der Waals surface area contributed by atoms with Crippen LogP contribution in [0.5, 0.6) is 0 Å². The third kappa shape index (κ3) is 31.8. The SMILES string of the molecule is CC(C)(C)C1CC1.CC(C)(C)CC1CC1.CC(C)(C)N1CCOCC1.CN(C)C(C)(C)C.CN(C1CC1)C(C)(C)C.COCC(C)(C)C. The summed E-state index contributed by atoms with van der Waals surface area (Å²) in [6.07, 6.45) is 10.2. The van der Waals surface area contributed by atoms with Crippen molar-refractivity contribution in [2.24, 2.45) is 28.1 Å². The molecule has 0 aromatic heterocycles. The van der Waals surface area contributed by atoms with Crippen molar-refractivity contribution in [1.82, 2.24) is 14.7 Å². The molecule has 1 heterocycles. The van der Waals surface area contributed by atoms with Crippen molar-refractivity contribution in [3.8, 4) is 0 Å². The van der Waals surface area contributed by atoms with Gasteiger partial charge in [-0.2, -0.15) is 0 Å². The summed E-state index contributed by atoms with van der Waals surface area (Å²) in [4.78, 5) is 7.11. The molecule has 0 radical (unpaired) electrons. The molecule has 0 N–H and O–H groups in total. The zero-order chi connectivity index (χ0) is 38.4. The third-order valence-electron chi connectivity index (χ3n) is 9.43. The Balaban J connectivity index is 0. The van der Waals surface area contributed by atoms with E-state index in [9.17, 15) is 0 Å². The lowest BCUT2D eigenvalue weighted by atomic mass is 9.90. The number of hydrogen-bond acceptors (Lipinski definition) is 5. The van der Waals surface area contributed by atoms with Crippen molar-refractivity contribution in [3.05, 3.63) is 0 Å². The Labute approximate surface area is 305 Å². The standard InChI is InChI=1S/C8H17NO.C8H17N.C8H16.C7H14.C6H15N.C6H14O/c1-8(2,3)9-4-6-10-7-5-9;1-8(2,3)9(4)7-5-6-7;1-8(2,3)6-7-4-5-7;1-7(2,3)6-4-5-6;1-6(2,3)7(4)5;1-6(2,3)5-7-4/h4-7H2,1-3H3;7H,5-6H2,1-4H3;7H,4-6H2,1-3H3;6H,4-5H2,1-3H3;1-5H3;5H2,1-4H3. The molecule has 0 aromatic rings. The first-order chi connectivity index (χ1) is 21.3. The molecule has 0 atom stereocenters. The first kappa shape index (κ1) is 49.9. The van der Waals surface area contributed by atoms with Crippen LogP contribution in [0.4, 0.5) is 0 Å². The molecule has 0 spiro atoms. The van der Waals surface area contributed by atoms with Gasteiger partial charge in [0.2, 0.25) is 0 Å². The Morgan fingerprint density at radius 3 is 1.12 bits per heavy atom. The fourth-order valence-corrected chi connectivity index (χ4v) is 4.81. The highest BCUT2D eigenvalue weighted by Gasteiger charge is 2.33. The molecule has 0 unspecified atom stereocenters. The highest BCUT2D eigenvalue weighted by molar-refractivity contribution is 4.89. The molecular formula is C43H93N3O2. The predicted octanol–water partition coefficient (Wildman–Crippen LogP) is 11.3. The van der Waals surface area contributed by atoms with Crippen LogP contribution in [0.1, 0.15) is 170 Å². The minimum absolute atomic E-state index is 0.323. The fourth-order valence-electron chi connectivity index (χ4n) is 4.81. The molecule has 48 heavy (non-hydrogen) atoms. The lowest BCUT2D eigenvalue weighted by molar-refractivity contribution is -0.00389. The zero-order valence-electron chi connectivity index (χ0n) is 37.4. The number of methoxy groups -OCH3 is 1. The Hall–Kier alpha value is -0.200. The van der Waals surface area contributed by atoms with Gasteiger partial charge >= 0.3 is 0 Å². The van der Waals surface area contributed by atoms with Gasteiger partial charge in [0, 0.05) is 42.9 Å². The van der Waals surface area contributed by atoms with Crippen LogP contribution < -0.4 is 0 Å². The maximum atomic E-state index is 5.25. The van der Waals surface area contributed by atoms with E-state index in [2.05, 4.69) is 160 Å². The van der Waals surface area contributed by atoms with E-state index >= 15 is 0 Å². The predicted molar refractivity (Wildman–Crippen MR) is 216 cm³/mol. The number of rotatable bonds is 3. The normalized spacial score (nSPS) is 19.2. The topological polar surface area (TPSA) is 28.2 Å². The van der Waals surface area contributed by atoms with Gasteiger partial charge in [-0.1, -0.05) is 75.2 Å². The van der Waals surface area contributed by atoms with Gasteiger partial charge in [-0.05, 0) is 144 Å². The van der Waals surface area contributed by atoms with E-state index in [0.717, 1.165) is 50.8 Å². The molecule has 4 fully saturated rings. The summed E-state index contributed by atoms with van der Waals surface area (Å²) in [7, 11) is 8.11. The first-order valence-corrected chi connectivity index (χ1v) is 19.5. The molecule has 5 nitrogen and oxygen atoms in total. The van der Waals surface area contributed by atoms with Crippen molar-refractivity contribution in [2.75, 3.05) is 61.2 Å². The van der Waals surface area contributed by atoms with Crippen LogP contribution >= 0.6 is 0 Å². The van der Waals surface area contributed by atoms with Crippen molar-refractivity contribution < 1.29 is 9.47 Å². The minimum atomic E-state index is 0.323. The van der Waals surface area contributed by atoms with Gasteiger partial charge in [-0.25, -0.2) is 0 Å². The van der Waals surface area contributed by atoms with Crippen LogP contribution in [0.3, 0.4) is 0 Å². The van der Waals surface area contributed by atoms with Gasteiger partial charge in [-0.15, -0.1) is 0 Å². The lowest BCUT2D eigenvalue weighted by Gasteiger charge is -2.38. The second kappa shape index (κ2) is 21.4. The second-order valence-electron chi connectivity index (χ2n) is 21.7. The zero-order valence-corrected chi connectivity index (χ0v) is 37.4. The Morgan fingerprint density at radius 1 is 0.604 bits per heavy atom. The van der Waals surface area contributed by atoms with Gasteiger partial charge < -0.3 is 14.4 Å². The van der Waals surface area contributed by atoms with Crippen molar-refractivity contribution in [3.63, 3.8) is 0 Å². The number of hydrogen-bond donors (Lipinski definition) is 0. The maximum Gasteiger partial charge on any atom is 0.0594 e. The summed E-state index contributed by atoms with van der Waals surface area (Å²) < 4.78 is 10.2. The molecule has 0 amide bonds. The minimum Gasteiger partial charge on any atom is -0.384 e. The molecule has 4 rings (SSSR count). The van der Waals surface area contributed by atoms with E-state index < -0.39 is 0 Å². The van der Waals surface area contributed by atoms with Crippen LogP contribution in [0, 0.1) is 28.1 Å². The molecule has 4 aliphatic rings. The largest absolute Gasteiger partial charge is 0.384 e. The highest BCUT2D eigenvalue weighted by atomic mass is 16.5. The lowest BCUT2D eigenvalue weighted by Crippen LogP contribution is -2.47. The highest BCUT2D eigenvalue weighted by Crippen LogP contribution is 2.44. The molecular weight excluding hydrogens is 590 g/mol. The van der Waals surface area contributed by atoms with E-state index in [-0.39, 0.29) is 0 Å². The van der Waals surface area contributed by atoms with Crippen LogP contribution in [-0.4, -0.2) is 98.5 Å². The van der Waals surface area contributed by atoms with Gasteiger partial charge in [-0.3, -0.25) is 9.80 Å². The van der Waals surface area contributed by atoms with Crippen LogP contribution in [0.25, 0.3) is 0 Å². The van der Waals surface area contributed by atoms with E-state index in [0.29, 0.717) is 32.9 Å². The fraction of sp³-hybridized carbons (Fsp3) is 1.00. The van der Waals surface area contributed by atoms with Crippen molar-refractivity contribution >= 4 is 0 Å². The molecule has 0 aromatic carbocycles. The van der Waals surface area contributed by atoms with Crippen LogP contribution in [0.2, 0.25) is 0 Å². The van der Waals surface area contributed by atoms with E-state index in [1.807, 2.05) is 0 Å². The van der Waals surface area contributed by atoms with Crippen molar-refractivity contribution in [1.29, 1.82) is 0 Å². The molecule has 5 heteroatoms. The average molecular weight is 684 g/mol. The molecule has 1 aliphatic heterocycles. The first-order valence-electron chi connectivity index (χ1n) is 19.5. The summed E-state index contributed by atoms with van der Waals surface area (Å²) in [6.45, 7) is 45.3. The summed E-state index contributed by atoms with van der Waals surface area (Å²) in [5, 5.41) is 0. The molecule has 1 saturated heterocycles. The maximum absolute atomic E-state index is 5.25. The Bertz CT molecular complexity index is 767. The third-order valence-corrected chi connectivity index (χ3v) is 9.43. The summed E-state index contributed by atoms with van der Waals surface area (Å²) in [5.41, 5.74) is 2.56. The molecule has 0 bridgehead atoms. The quantitative estimate of drug-likeness (QED) is 0.295. The van der Waals surface area contributed by atoms with Crippen molar-refractivity contribution in [2.45, 2.75) is 192 Å². The molecule has 3 saturated carbocycles. The molecule has 292 valence electrons. The number of morpholine rings is 1. The van der Waals surface area contributed by atoms with Crippen LogP contribution in [0.15, 0.2) is 0 Å². The average Bonchev–Trinajstić information content (AvgIpc) is 3.72. The summed E-state index contributed by atoms with van der Waals surface area (Å²) >= 11 is 0. The Kier molecular flexibility index (Phi) is 22.2. The van der Waals surface area contributed by atoms with Gasteiger partial charge in [0.1, 0.15) is 0 Å². The van der Waals surface area contributed by atoms with Gasteiger partial charge in [0.05, 0.1) is 19.8 Å². The summed E-state index contributed by atoms with van der Waals surface area (Å²) in [5.74, 6) is 2.14. The second-order valence-corrected chi connectivity index (χ2v) is 21.7. The van der Waals surface area contributed by atoms with Gasteiger partial charge in [0.25, 0.3) is 0 Å². The Morgan fingerprint density at radius 2 is 1.02 bits per heavy atom. The number of nitrogens with zero attached hydrogens (tertiary/aromatic N) is 3. The van der Waals surface area contributed by atoms with E-state index in [1.165, 1.54) is 44.9 Å². The smallest absolute Gasteiger partial charge is 0.0594 e.